The van der Waals surface area contributed by atoms with E-state index in [-0.39, 0.29) is 19.2 Å². The van der Waals surface area contributed by atoms with Crippen LogP contribution in [0, 0.1) is 0 Å². The fourth-order valence-electron chi connectivity index (χ4n) is 6.07. The average molecular weight is 763 g/mol. The molecule has 0 heterocycles. The minimum Gasteiger partial charge on any atom is -0.457 e. The van der Waals surface area contributed by atoms with E-state index in [1.807, 2.05) is 0 Å². The smallest absolute Gasteiger partial charge is 0.306 e. The number of hydrogen-bond donors (Lipinski definition) is 1. The van der Waals surface area contributed by atoms with Crippen LogP contribution < -0.4 is 0 Å². The van der Waals surface area contributed by atoms with Crippen molar-refractivity contribution in [3.63, 3.8) is 0 Å². The molecule has 0 spiro atoms. The van der Waals surface area contributed by atoms with Crippen LogP contribution in [0.15, 0.2) is 97.2 Å². The Morgan fingerprint density at radius 1 is 0.436 bits per heavy atom. The molecule has 0 rings (SSSR count). The summed E-state index contributed by atoms with van der Waals surface area (Å²) in [6.45, 7) is 5.09. The van der Waals surface area contributed by atoms with Crippen LogP contribution in [0.1, 0.15) is 194 Å². The summed E-state index contributed by atoms with van der Waals surface area (Å²) in [5.74, 6) is -0.213. The molecular weight excluding hydrogens is 677 g/mol. The second-order valence-electron chi connectivity index (χ2n) is 14.7. The predicted octanol–water partition coefficient (Wildman–Crippen LogP) is 15.3. The van der Waals surface area contributed by atoms with Crippen molar-refractivity contribution >= 4 is 5.97 Å². The maximum atomic E-state index is 12.2. The van der Waals surface area contributed by atoms with E-state index in [0.29, 0.717) is 13.0 Å². The van der Waals surface area contributed by atoms with E-state index in [2.05, 4.69) is 111 Å². The molecule has 314 valence electrons. The molecule has 0 aromatic carbocycles. The van der Waals surface area contributed by atoms with Crippen molar-refractivity contribution in [2.75, 3.05) is 19.8 Å². The van der Waals surface area contributed by atoms with Crippen LogP contribution in [-0.2, 0) is 14.3 Å². The fourth-order valence-corrected chi connectivity index (χ4v) is 6.07. The van der Waals surface area contributed by atoms with E-state index in [9.17, 15) is 9.90 Å². The number of carbonyl (C=O) groups is 1. The van der Waals surface area contributed by atoms with Crippen LogP contribution >= 0.6 is 0 Å². The number of aliphatic hydroxyl groups is 1. The summed E-state index contributed by atoms with van der Waals surface area (Å²) in [6, 6.07) is 0. The molecule has 4 heteroatoms. The van der Waals surface area contributed by atoms with E-state index in [1.54, 1.807) is 0 Å². The van der Waals surface area contributed by atoms with E-state index < -0.39 is 6.10 Å². The highest BCUT2D eigenvalue weighted by Crippen LogP contribution is 2.13. The molecule has 1 unspecified atom stereocenters. The molecule has 0 fully saturated rings. The van der Waals surface area contributed by atoms with Crippen LogP contribution in [0.5, 0.6) is 0 Å². The Bertz CT molecular complexity index is 1030. The standard InChI is InChI=1S/C51H86O4/c1-3-5-7-9-11-13-15-17-19-21-23-25-26-27-28-30-32-34-36-38-40-42-44-46-51(53)55-50(48-52)49-54-47-45-43-41-39-37-35-33-31-29-24-22-20-18-16-14-12-10-8-6-4-2/h5-8,11-14,17-20,23-25,29,50,52H,3-4,9-10,15-16,21-22,26-28,30-49H2,1-2H3/b7-5-,8-6-,13-11-,14-12-,19-17-,20-18-,25-23-,29-24-. The van der Waals surface area contributed by atoms with Gasteiger partial charge in [0.15, 0.2) is 0 Å². The van der Waals surface area contributed by atoms with Gasteiger partial charge in [-0.3, -0.25) is 4.79 Å². The van der Waals surface area contributed by atoms with Gasteiger partial charge in [-0.1, -0.05) is 195 Å². The lowest BCUT2D eigenvalue weighted by Gasteiger charge is -2.16. The van der Waals surface area contributed by atoms with Crippen molar-refractivity contribution in [3.05, 3.63) is 97.2 Å². The van der Waals surface area contributed by atoms with E-state index in [0.717, 1.165) is 77.0 Å². The third kappa shape index (κ3) is 45.6. The van der Waals surface area contributed by atoms with Gasteiger partial charge >= 0.3 is 5.97 Å². The van der Waals surface area contributed by atoms with Gasteiger partial charge in [0.1, 0.15) is 6.10 Å². The van der Waals surface area contributed by atoms with E-state index >= 15 is 0 Å². The molecule has 55 heavy (non-hydrogen) atoms. The fraction of sp³-hybridized carbons (Fsp3) is 0.667. The van der Waals surface area contributed by atoms with E-state index in [1.165, 1.54) is 96.3 Å². The summed E-state index contributed by atoms with van der Waals surface area (Å²) in [5, 5.41) is 9.63. The topological polar surface area (TPSA) is 55.8 Å². The minimum absolute atomic E-state index is 0.183. The maximum Gasteiger partial charge on any atom is 0.306 e. The summed E-state index contributed by atoms with van der Waals surface area (Å²) >= 11 is 0. The highest BCUT2D eigenvalue weighted by Gasteiger charge is 2.13. The first-order chi connectivity index (χ1) is 27.2. The lowest BCUT2D eigenvalue weighted by Crippen LogP contribution is -2.27. The van der Waals surface area contributed by atoms with Gasteiger partial charge in [-0.05, 0) is 89.9 Å². The molecule has 0 bridgehead atoms. The molecule has 0 saturated carbocycles. The zero-order chi connectivity index (χ0) is 39.8. The molecule has 0 radical (unpaired) electrons. The second-order valence-corrected chi connectivity index (χ2v) is 14.7. The molecule has 0 aliphatic carbocycles. The van der Waals surface area contributed by atoms with Crippen molar-refractivity contribution in [2.24, 2.45) is 0 Å². The maximum absolute atomic E-state index is 12.2. The predicted molar refractivity (Wildman–Crippen MR) is 242 cm³/mol. The molecular formula is C51H86O4. The average Bonchev–Trinajstić information content (AvgIpc) is 3.19. The largest absolute Gasteiger partial charge is 0.457 e. The lowest BCUT2D eigenvalue weighted by atomic mass is 10.0. The summed E-state index contributed by atoms with van der Waals surface area (Å²) < 4.78 is 11.2. The number of ether oxygens (including phenoxy) is 2. The Hall–Kier alpha value is -2.69. The Morgan fingerprint density at radius 3 is 1.15 bits per heavy atom. The Balaban J connectivity index is 3.49. The number of carbonyl (C=O) groups excluding carboxylic acids is 1. The first kappa shape index (κ1) is 52.3. The molecule has 0 aromatic rings. The number of unbranched alkanes of at least 4 members (excludes halogenated alkanes) is 17. The SMILES string of the molecule is CC/C=C\C/C=C\C/C=C\C/C=C\CCCCCCCCCCCCC(=O)OC(CO)COCCCCCCCCC/C=C\C/C=C\C/C=C\C/C=C\CC. The number of hydrogen-bond acceptors (Lipinski definition) is 4. The van der Waals surface area contributed by atoms with Gasteiger partial charge in [-0.2, -0.15) is 0 Å². The molecule has 0 aromatic heterocycles. The number of aliphatic hydroxyl groups excluding tert-OH is 1. The molecule has 0 aliphatic heterocycles. The highest BCUT2D eigenvalue weighted by atomic mass is 16.6. The number of allylic oxidation sites excluding steroid dienone is 16. The van der Waals surface area contributed by atoms with Gasteiger partial charge in [0.2, 0.25) is 0 Å². The third-order valence-corrected chi connectivity index (χ3v) is 9.40. The quantitative estimate of drug-likeness (QED) is 0.0383. The highest BCUT2D eigenvalue weighted by molar-refractivity contribution is 5.69. The van der Waals surface area contributed by atoms with Crippen LogP contribution in [0.25, 0.3) is 0 Å². The number of rotatable bonds is 41. The van der Waals surface area contributed by atoms with Gasteiger partial charge in [0.25, 0.3) is 0 Å². The molecule has 1 N–H and O–H groups in total. The first-order valence-electron chi connectivity index (χ1n) is 22.8. The molecule has 0 aliphatic rings. The number of esters is 1. The zero-order valence-corrected chi connectivity index (χ0v) is 35.9. The van der Waals surface area contributed by atoms with Crippen LogP contribution in [0.4, 0.5) is 0 Å². The molecule has 1 atom stereocenters. The monoisotopic (exact) mass is 763 g/mol. The Kier molecular flexibility index (Phi) is 45.1. The summed E-state index contributed by atoms with van der Waals surface area (Å²) in [7, 11) is 0. The van der Waals surface area contributed by atoms with Gasteiger partial charge in [-0.15, -0.1) is 0 Å². The van der Waals surface area contributed by atoms with Gasteiger partial charge in [0.05, 0.1) is 13.2 Å². The van der Waals surface area contributed by atoms with Gasteiger partial charge < -0.3 is 14.6 Å². The molecule has 0 saturated heterocycles. The second kappa shape index (κ2) is 47.5. The van der Waals surface area contributed by atoms with Crippen LogP contribution in [0.2, 0.25) is 0 Å². The minimum atomic E-state index is -0.549. The van der Waals surface area contributed by atoms with E-state index in [4.69, 9.17) is 9.47 Å². The van der Waals surface area contributed by atoms with Gasteiger partial charge in [-0.25, -0.2) is 0 Å². The summed E-state index contributed by atoms with van der Waals surface area (Å²) in [6.07, 6.45) is 67.6. The van der Waals surface area contributed by atoms with Crippen molar-refractivity contribution < 1.29 is 19.4 Å². The van der Waals surface area contributed by atoms with Gasteiger partial charge in [0, 0.05) is 13.0 Å². The lowest BCUT2D eigenvalue weighted by molar-refractivity contribution is -0.154. The van der Waals surface area contributed by atoms with Crippen molar-refractivity contribution in [2.45, 2.75) is 200 Å². The normalized spacial score (nSPS) is 13.3. The summed E-state index contributed by atoms with van der Waals surface area (Å²) in [5.41, 5.74) is 0. The Labute approximate surface area is 341 Å². The zero-order valence-electron chi connectivity index (χ0n) is 35.9. The molecule has 0 amide bonds. The summed E-state index contributed by atoms with van der Waals surface area (Å²) in [4.78, 5) is 12.2. The van der Waals surface area contributed by atoms with Crippen molar-refractivity contribution in [3.8, 4) is 0 Å². The van der Waals surface area contributed by atoms with Crippen molar-refractivity contribution in [1.82, 2.24) is 0 Å². The van der Waals surface area contributed by atoms with Crippen LogP contribution in [-0.4, -0.2) is 37.0 Å². The molecule has 4 nitrogen and oxygen atoms in total. The Morgan fingerprint density at radius 2 is 0.764 bits per heavy atom. The third-order valence-electron chi connectivity index (χ3n) is 9.40. The van der Waals surface area contributed by atoms with Crippen LogP contribution in [0.3, 0.4) is 0 Å². The van der Waals surface area contributed by atoms with Crippen molar-refractivity contribution in [1.29, 1.82) is 0 Å². The first-order valence-corrected chi connectivity index (χ1v) is 22.8.